The number of carbonyl (C=O) groups is 1. The highest BCUT2D eigenvalue weighted by molar-refractivity contribution is 5.89. The highest BCUT2D eigenvalue weighted by atomic mass is 16.5. The van der Waals surface area contributed by atoms with Crippen LogP contribution in [-0.4, -0.2) is 40.3 Å². The summed E-state index contributed by atoms with van der Waals surface area (Å²) in [6.45, 7) is 2.03. The minimum atomic E-state index is -0.243. The average Bonchev–Trinajstić information content (AvgIpc) is 3.47. The Hall–Kier alpha value is -4.14. The molecule has 9 heteroatoms. The number of aromatic nitrogens is 4. The van der Waals surface area contributed by atoms with Crippen LogP contribution in [-0.2, 0) is 11.2 Å². The minimum Gasteiger partial charge on any atom is -0.497 e. The van der Waals surface area contributed by atoms with Crippen molar-refractivity contribution in [3.05, 3.63) is 60.1 Å². The van der Waals surface area contributed by atoms with Gasteiger partial charge in [0.2, 0.25) is 11.9 Å². The molecule has 2 N–H and O–H groups in total. The van der Waals surface area contributed by atoms with Crippen molar-refractivity contribution in [1.82, 2.24) is 20.2 Å². The number of amides is 1. The highest BCUT2D eigenvalue weighted by Crippen LogP contribution is 2.31. The molecule has 0 saturated carbocycles. The Bertz CT molecular complexity index is 1210. The summed E-state index contributed by atoms with van der Waals surface area (Å²) >= 11 is 0. The average molecular weight is 433 g/mol. The van der Waals surface area contributed by atoms with E-state index >= 15 is 0 Å². The molecule has 4 aromatic rings. The van der Waals surface area contributed by atoms with Crippen molar-refractivity contribution < 1.29 is 18.7 Å². The number of H-pyrrole nitrogens is 1. The van der Waals surface area contributed by atoms with Crippen LogP contribution >= 0.6 is 0 Å². The molecule has 0 atom stereocenters. The zero-order valence-electron chi connectivity index (χ0n) is 18.0. The molecule has 2 aromatic carbocycles. The Morgan fingerprint density at radius 2 is 1.94 bits per heavy atom. The fourth-order valence-electron chi connectivity index (χ4n) is 3.12. The molecule has 32 heavy (non-hydrogen) atoms. The van der Waals surface area contributed by atoms with Gasteiger partial charge in [-0.3, -0.25) is 15.2 Å². The molecule has 0 saturated heterocycles. The van der Waals surface area contributed by atoms with Crippen LogP contribution in [0, 0.1) is 6.92 Å². The lowest BCUT2D eigenvalue weighted by Gasteiger charge is -2.07. The third kappa shape index (κ3) is 4.77. The number of benzene rings is 2. The molecule has 0 unspecified atom stereocenters. The summed E-state index contributed by atoms with van der Waals surface area (Å²) in [5.41, 5.74) is 2.82. The normalized spacial score (nSPS) is 10.7. The number of hydrogen-bond acceptors (Lipinski definition) is 7. The molecule has 0 fully saturated rings. The van der Waals surface area contributed by atoms with Crippen LogP contribution in [0.4, 0.5) is 5.95 Å². The lowest BCUT2D eigenvalue weighted by Crippen LogP contribution is -2.13. The number of rotatable bonds is 8. The predicted octanol–water partition coefficient (Wildman–Crippen LogP) is 4.02. The van der Waals surface area contributed by atoms with Gasteiger partial charge in [-0.1, -0.05) is 29.8 Å². The van der Waals surface area contributed by atoms with E-state index in [-0.39, 0.29) is 18.3 Å². The third-order valence-electron chi connectivity index (χ3n) is 4.86. The van der Waals surface area contributed by atoms with Gasteiger partial charge in [-0.15, -0.1) is 5.10 Å². The van der Waals surface area contributed by atoms with E-state index in [0.717, 1.165) is 5.56 Å². The lowest BCUT2D eigenvalue weighted by molar-refractivity contribution is -0.116. The Morgan fingerprint density at radius 1 is 1.12 bits per heavy atom. The minimum absolute atomic E-state index is 0.176. The molecule has 0 spiro atoms. The lowest BCUT2D eigenvalue weighted by atomic mass is 10.1. The number of nitrogens with one attached hydrogen (secondary N) is 2. The van der Waals surface area contributed by atoms with Gasteiger partial charge in [-0.25, -0.2) is 4.98 Å². The summed E-state index contributed by atoms with van der Waals surface area (Å²) in [6, 6.07) is 13.3. The molecular weight excluding hydrogens is 410 g/mol. The van der Waals surface area contributed by atoms with Crippen LogP contribution in [0.15, 0.2) is 53.1 Å². The molecular formula is C23H23N5O4. The van der Waals surface area contributed by atoms with Crippen LogP contribution < -0.4 is 14.8 Å². The quantitative estimate of drug-likeness (QED) is 0.431. The first-order chi connectivity index (χ1) is 15.6. The van der Waals surface area contributed by atoms with Gasteiger partial charge in [0.05, 0.1) is 26.0 Å². The SMILES string of the molecule is COc1ccc(-c2nc(NC(=O)CCc3ncc(-c4ccc(C)cc4)o3)n[nH]2)c(OC)c1. The first kappa shape index (κ1) is 21.1. The summed E-state index contributed by atoms with van der Waals surface area (Å²) in [5, 5.41) is 9.55. The van der Waals surface area contributed by atoms with Crippen molar-refractivity contribution in [2.24, 2.45) is 0 Å². The number of aryl methyl sites for hydroxylation is 2. The van der Waals surface area contributed by atoms with Gasteiger partial charge in [-0.05, 0) is 19.1 Å². The van der Waals surface area contributed by atoms with E-state index < -0.39 is 0 Å². The number of nitrogens with zero attached hydrogens (tertiary/aromatic N) is 3. The smallest absolute Gasteiger partial charge is 0.249 e. The summed E-state index contributed by atoms with van der Waals surface area (Å²) in [4.78, 5) is 20.9. The van der Waals surface area contributed by atoms with E-state index in [1.54, 1.807) is 38.6 Å². The number of carbonyl (C=O) groups excluding carboxylic acids is 1. The van der Waals surface area contributed by atoms with Gasteiger partial charge in [-0.2, -0.15) is 4.98 Å². The number of anilines is 1. The zero-order chi connectivity index (χ0) is 22.5. The van der Waals surface area contributed by atoms with E-state index in [0.29, 0.717) is 41.0 Å². The Balaban J connectivity index is 1.36. The molecule has 2 heterocycles. The van der Waals surface area contributed by atoms with Crippen molar-refractivity contribution in [3.63, 3.8) is 0 Å². The maximum absolute atomic E-state index is 12.3. The van der Waals surface area contributed by atoms with Crippen LogP contribution in [0.1, 0.15) is 17.9 Å². The van der Waals surface area contributed by atoms with Gasteiger partial charge in [0, 0.05) is 24.5 Å². The first-order valence-electron chi connectivity index (χ1n) is 10.0. The second-order valence-electron chi connectivity index (χ2n) is 7.11. The number of hydrogen-bond donors (Lipinski definition) is 2. The molecule has 0 bridgehead atoms. The monoisotopic (exact) mass is 433 g/mol. The first-order valence-corrected chi connectivity index (χ1v) is 10.0. The highest BCUT2D eigenvalue weighted by Gasteiger charge is 2.14. The Labute approximate surface area is 184 Å². The molecule has 0 aliphatic heterocycles. The fourth-order valence-corrected chi connectivity index (χ4v) is 3.12. The number of ether oxygens (including phenoxy) is 2. The molecule has 0 aliphatic carbocycles. The largest absolute Gasteiger partial charge is 0.497 e. The topological polar surface area (TPSA) is 115 Å². The van der Waals surface area contributed by atoms with Crippen LogP contribution in [0.25, 0.3) is 22.7 Å². The van der Waals surface area contributed by atoms with E-state index in [9.17, 15) is 4.79 Å². The van der Waals surface area contributed by atoms with E-state index in [4.69, 9.17) is 13.9 Å². The van der Waals surface area contributed by atoms with Crippen LogP contribution in [0.3, 0.4) is 0 Å². The maximum Gasteiger partial charge on any atom is 0.249 e. The predicted molar refractivity (Wildman–Crippen MR) is 119 cm³/mol. The number of oxazole rings is 1. The third-order valence-corrected chi connectivity index (χ3v) is 4.86. The zero-order valence-corrected chi connectivity index (χ0v) is 18.0. The van der Waals surface area contributed by atoms with Gasteiger partial charge < -0.3 is 13.9 Å². The van der Waals surface area contributed by atoms with Crippen molar-refractivity contribution in [3.8, 4) is 34.2 Å². The van der Waals surface area contributed by atoms with Crippen molar-refractivity contribution in [2.75, 3.05) is 19.5 Å². The summed E-state index contributed by atoms with van der Waals surface area (Å²) < 4.78 is 16.4. The molecule has 164 valence electrons. The number of methoxy groups -OCH3 is 2. The second kappa shape index (κ2) is 9.34. The van der Waals surface area contributed by atoms with Crippen LogP contribution in [0.2, 0.25) is 0 Å². The molecule has 1 amide bonds. The van der Waals surface area contributed by atoms with E-state index in [2.05, 4.69) is 25.5 Å². The number of aromatic amines is 1. The standard InChI is InChI=1S/C23H23N5O4/c1-14-4-6-15(7-5-14)19-13-24-21(32-19)11-10-20(29)25-23-26-22(27-28-23)17-9-8-16(30-2)12-18(17)31-3/h4-9,12-13H,10-11H2,1-3H3,(H2,25,26,27,28,29). The fraction of sp³-hybridized carbons (Fsp3) is 0.217. The maximum atomic E-state index is 12.3. The molecule has 2 aromatic heterocycles. The molecule has 9 nitrogen and oxygen atoms in total. The van der Waals surface area contributed by atoms with E-state index in [1.165, 1.54) is 5.56 Å². The molecule has 4 rings (SSSR count). The second-order valence-corrected chi connectivity index (χ2v) is 7.11. The van der Waals surface area contributed by atoms with Crippen molar-refractivity contribution in [1.29, 1.82) is 0 Å². The van der Waals surface area contributed by atoms with Gasteiger partial charge >= 0.3 is 0 Å². The Morgan fingerprint density at radius 3 is 2.69 bits per heavy atom. The van der Waals surface area contributed by atoms with Crippen molar-refractivity contribution in [2.45, 2.75) is 19.8 Å². The van der Waals surface area contributed by atoms with Crippen LogP contribution in [0.5, 0.6) is 11.5 Å². The summed E-state index contributed by atoms with van der Waals surface area (Å²) in [6.07, 6.45) is 2.21. The van der Waals surface area contributed by atoms with Crippen molar-refractivity contribution >= 4 is 11.9 Å². The summed E-state index contributed by atoms with van der Waals surface area (Å²) in [5.74, 6) is 2.81. The molecule has 0 aliphatic rings. The Kier molecular flexibility index (Phi) is 6.16. The molecule has 0 radical (unpaired) electrons. The summed E-state index contributed by atoms with van der Waals surface area (Å²) in [7, 11) is 3.14. The van der Waals surface area contributed by atoms with Gasteiger partial charge in [0.25, 0.3) is 0 Å². The van der Waals surface area contributed by atoms with Gasteiger partial charge in [0.15, 0.2) is 17.5 Å². The van der Waals surface area contributed by atoms with E-state index in [1.807, 2.05) is 31.2 Å². The van der Waals surface area contributed by atoms with Gasteiger partial charge in [0.1, 0.15) is 11.5 Å².